The van der Waals surface area contributed by atoms with Gasteiger partial charge in [0.15, 0.2) is 14.0 Å². The second-order valence-corrected chi connectivity index (χ2v) is 15.8. The monoisotopic (exact) mass is 467 g/mol. The van der Waals surface area contributed by atoms with Crippen molar-refractivity contribution in [2.75, 3.05) is 6.54 Å². The molecule has 2 atom stereocenters. The van der Waals surface area contributed by atoms with E-state index in [1.807, 2.05) is 20.8 Å². The van der Waals surface area contributed by atoms with Crippen molar-refractivity contribution in [1.82, 2.24) is 24.6 Å². The van der Waals surface area contributed by atoms with Crippen LogP contribution in [0.25, 0.3) is 11.0 Å². The highest BCUT2D eigenvalue weighted by Crippen LogP contribution is 2.39. The zero-order valence-corrected chi connectivity index (χ0v) is 21.5. The van der Waals surface area contributed by atoms with Crippen LogP contribution < -0.4 is 0 Å². The maximum atomic E-state index is 13.0. The lowest BCUT2D eigenvalue weighted by atomic mass is 10.1. The zero-order chi connectivity index (χ0) is 23.2. The molecule has 3 rings (SSSR count). The summed E-state index contributed by atoms with van der Waals surface area (Å²) in [5.74, 6) is 0. The predicted octanol–water partition coefficient (Wildman–Crippen LogP) is 4.88. The molecule has 8 nitrogen and oxygen atoms in total. The molecule has 1 aliphatic heterocycles. The summed E-state index contributed by atoms with van der Waals surface area (Å²) in [6.07, 6.45) is 3.68. The van der Waals surface area contributed by atoms with Crippen LogP contribution in [0.4, 0.5) is 4.79 Å². The van der Waals surface area contributed by atoms with Gasteiger partial charge in [-0.15, -0.1) is 0 Å². The largest absolute Gasteiger partial charge is 0.444 e. The standard InChI is InChI=1S/C21H34ClN5O3Si/c1-20(2,3)29-19(28)26-10-9-16(30-31(7,8)21(4,5)6)15(26)13-27-17-14(12-24-27)11-23-18(22)25-17/h11-12,15-16H,9-10,13H2,1-8H3/t15-,16-/m0/s1. The van der Waals surface area contributed by atoms with Gasteiger partial charge in [0, 0.05) is 12.7 Å². The van der Waals surface area contributed by atoms with Crippen LogP contribution in [0.15, 0.2) is 12.4 Å². The number of hydrogen-bond donors (Lipinski definition) is 0. The number of halogens is 1. The summed E-state index contributed by atoms with van der Waals surface area (Å²) in [4.78, 5) is 23.1. The number of amides is 1. The quantitative estimate of drug-likeness (QED) is 0.470. The lowest BCUT2D eigenvalue weighted by Crippen LogP contribution is -2.50. The van der Waals surface area contributed by atoms with Crippen LogP contribution in [0.2, 0.25) is 23.4 Å². The summed E-state index contributed by atoms with van der Waals surface area (Å²) in [5, 5.41) is 5.51. The number of carbonyl (C=O) groups is 1. The Morgan fingerprint density at radius 3 is 2.52 bits per heavy atom. The molecule has 2 aromatic heterocycles. The van der Waals surface area contributed by atoms with Crippen LogP contribution in [-0.4, -0.2) is 63.4 Å². The van der Waals surface area contributed by atoms with Gasteiger partial charge in [-0.1, -0.05) is 20.8 Å². The number of fused-ring (bicyclic) bond motifs is 1. The number of carbonyl (C=O) groups excluding carboxylic acids is 1. The van der Waals surface area contributed by atoms with Crippen LogP contribution in [0.1, 0.15) is 48.0 Å². The number of ether oxygens (including phenoxy) is 1. The first kappa shape index (κ1) is 23.9. The molecule has 31 heavy (non-hydrogen) atoms. The molecule has 1 aliphatic rings. The Hall–Kier alpha value is -1.71. The van der Waals surface area contributed by atoms with Gasteiger partial charge in [0.1, 0.15) is 5.60 Å². The second-order valence-electron chi connectivity index (χ2n) is 10.7. The Morgan fingerprint density at radius 1 is 1.23 bits per heavy atom. The molecule has 0 saturated carbocycles. The summed E-state index contributed by atoms with van der Waals surface area (Å²) in [5.41, 5.74) is 0.0706. The number of aromatic nitrogens is 4. The van der Waals surface area contributed by atoms with Crippen molar-refractivity contribution in [3.63, 3.8) is 0 Å². The minimum absolute atomic E-state index is 0.0655. The summed E-state index contributed by atoms with van der Waals surface area (Å²) >= 11 is 6.01. The fourth-order valence-corrected chi connectivity index (χ4v) is 4.95. The molecule has 3 heterocycles. The summed E-state index contributed by atoms with van der Waals surface area (Å²) in [6.45, 7) is 17.8. The normalized spacial score (nSPS) is 20.5. The van der Waals surface area contributed by atoms with Crippen molar-refractivity contribution < 1.29 is 14.0 Å². The highest BCUT2D eigenvalue weighted by Gasteiger charge is 2.46. The Kier molecular flexibility index (Phi) is 6.43. The first-order valence-electron chi connectivity index (χ1n) is 10.7. The Morgan fingerprint density at radius 2 is 1.90 bits per heavy atom. The summed E-state index contributed by atoms with van der Waals surface area (Å²) < 4.78 is 14.2. The highest BCUT2D eigenvalue weighted by atomic mass is 35.5. The highest BCUT2D eigenvalue weighted by molar-refractivity contribution is 6.74. The SMILES string of the molecule is CC(C)(C)OC(=O)N1CC[C@H](O[Si](C)(C)C(C)(C)C)[C@@H]1Cn1ncc2cnc(Cl)nc21. The average Bonchev–Trinajstić information content (AvgIpc) is 3.17. The van der Waals surface area contributed by atoms with Gasteiger partial charge in [-0.05, 0) is 56.9 Å². The van der Waals surface area contributed by atoms with E-state index in [2.05, 4.69) is 48.9 Å². The summed E-state index contributed by atoms with van der Waals surface area (Å²) in [6, 6.07) is -0.221. The van der Waals surface area contributed by atoms with Crippen molar-refractivity contribution in [2.24, 2.45) is 0 Å². The van der Waals surface area contributed by atoms with Crippen molar-refractivity contribution in [2.45, 2.75) is 90.4 Å². The number of nitrogens with zero attached hydrogens (tertiary/aromatic N) is 5. The molecule has 0 radical (unpaired) electrons. The van der Waals surface area contributed by atoms with Crippen LogP contribution in [0.5, 0.6) is 0 Å². The molecule has 0 aliphatic carbocycles. The zero-order valence-electron chi connectivity index (χ0n) is 19.8. The van der Waals surface area contributed by atoms with E-state index in [-0.39, 0.29) is 28.6 Å². The molecule has 1 saturated heterocycles. The van der Waals surface area contributed by atoms with E-state index in [4.69, 9.17) is 20.8 Å². The van der Waals surface area contributed by atoms with Crippen LogP contribution in [0, 0.1) is 0 Å². The van der Waals surface area contributed by atoms with Gasteiger partial charge in [0.2, 0.25) is 5.28 Å². The maximum Gasteiger partial charge on any atom is 0.410 e. The van der Waals surface area contributed by atoms with Gasteiger partial charge in [-0.3, -0.25) is 0 Å². The molecule has 0 spiro atoms. The minimum atomic E-state index is -2.04. The lowest BCUT2D eigenvalue weighted by Gasteiger charge is -2.40. The number of rotatable bonds is 4. The van der Waals surface area contributed by atoms with Crippen LogP contribution >= 0.6 is 11.6 Å². The second kappa shape index (κ2) is 8.33. The maximum absolute atomic E-state index is 13.0. The van der Waals surface area contributed by atoms with E-state index in [9.17, 15) is 4.79 Å². The average molecular weight is 468 g/mol. The smallest absolute Gasteiger partial charge is 0.410 e. The third-order valence-electron chi connectivity index (χ3n) is 6.07. The van der Waals surface area contributed by atoms with Gasteiger partial charge in [-0.2, -0.15) is 10.1 Å². The van der Waals surface area contributed by atoms with E-state index < -0.39 is 13.9 Å². The van der Waals surface area contributed by atoms with E-state index in [1.54, 1.807) is 22.0 Å². The molecule has 0 aromatic carbocycles. The van der Waals surface area contributed by atoms with Crippen LogP contribution in [0.3, 0.4) is 0 Å². The van der Waals surface area contributed by atoms with Crippen molar-refractivity contribution in [3.8, 4) is 0 Å². The molecule has 0 unspecified atom stereocenters. The molecule has 10 heteroatoms. The molecule has 1 amide bonds. The van der Waals surface area contributed by atoms with Crippen molar-refractivity contribution in [3.05, 3.63) is 17.7 Å². The molecule has 2 aromatic rings. The molecular formula is C21H34ClN5O3Si. The molecular weight excluding hydrogens is 434 g/mol. The van der Waals surface area contributed by atoms with Gasteiger partial charge in [0.05, 0.1) is 30.3 Å². The molecule has 0 N–H and O–H groups in total. The van der Waals surface area contributed by atoms with E-state index in [1.165, 1.54) is 0 Å². The number of likely N-dealkylation sites (tertiary alicyclic amines) is 1. The Bertz CT molecular complexity index is 951. The number of hydrogen-bond acceptors (Lipinski definition) is 6. The van der Waals surface area contributed by atoms with Crippen LogP contribution in [-0.2, 0) is 15.7 Å². The van der Waals surface area contributed by atoms with Gasteiger partial charge in [-0.25, -0.2) is 14.5 Å². The van der Waals surface area contributed by atoms with Gasteiger partial charge in [0.25, 0.3) is 0 Å². The fourth-order valence-electron chi connectivity index (χ4n) is 3.44. The summed E-state index contributed by atoms with van der Waals surface area (Å²) in [7, 11) is -2.04. The lowest BCUT2D eigenvalue weighted by molar-refractivity contribution is 0.0140. The van der Waals surface area contributed by atoms with Gasteiger partial charge >= 0.3 is 6.09 Å². The van der Waals surface area contributed by atoms with E-state index in [0.717, 1.165) is 11.8 Å². The Balaban J connectivity index is 1.92. The van der Waals surface area contributed by atoms with E-state index >= 15 is 0 Å². The molecule has 0 bridgehead atoms. The molecule has 172 valence electrons. The topological polar surface area (TPSA) is 82.4 Å². The molecule has 1 fully saturated rings. The Labute approximate surface area is 190 Å². The first-order valence-corrected chi connectivity index (χ1v) is 14.0. The fraction of sp³-hybridized carbons (Fsp3) is 0.714. The third kappa shape index (κ3) is 5.38. The predicted molar refractivity (Wildman–Crippen MR) is 124 cm³/mol. The minimum Gasteiger partial charge on any atom is -0.444 e. The third-order valence-corrected chi connectivity index (χ3v) is 10.8. The van der Waals surface area contributed by atoms with E-state index in [0.29, 0.717) is 18.7 Å². The van der Waals surface area contributed by atoms with Crippen molar-refractivity contribution >= 4 is 37.0 Å². The van der Waals surface area contributed by atoms with Crippen molar-refractivity contribution in [1.29, 1.82) is 0 Å². The van der Waals surface area contributed by atoms with Gasteiger partial charge < -0.3 is 14.1 Å². The first-order chi connectivity index (χ1) is 14.2.